The van der Waals surface area contributed by atoms with Gasteiger partial charge in [0.2, 0.25) is 11.7 Å². The zero-order valence-corrected chi connectivity index (χ0v) is 17.6. The van der Waals surface area contributed by atoms with Crippen molar-refractivity contribution >= 4 is 11.3 Å². The molecule has 1 atom stereocenters. The normalized spacial score (nSPS) is 16.2. The average molecular weight is 415 g/mol. The van der Waals surface area contributed by atoms with Crippen LogP contribution in [0.15, 0.2) is 46.3 Å². The summed E-state index contributed by atoms with van der Waals surface area (Å²) in [4.78, 5) is 10.7. The molecule has 0 aliphatic carbocycles. The monoisotopic (exact) mass is 414 g/mol. The highest BCUT2D eigenvalue weighted by Crippen LogP contribution is 2.27. The van der Waals surface area contributed by atoms with Gasteiger partial charge in [-0.25, -0.2) is 0 Å². The first-order valence-corrected chi connectivity index (χ1v) is 10.6. The first-order chi connectivity index (χ1) is 14.2. The van der Waals surface area contributed by atoms with Gasteiger partial charge in [-0.05, 0) is 30.6 Å². The quantitative estimate of drug-likeness (QED) is 0.560. The standard InChI is InChI=1S/C21H26N4O3S/c1-24(14-18(19-7-4-12-29-19)25-8-10-27-11-9-25)15-20-22-21(23-28-20)16-5-3-6-17(13-16)26-2/h3-7,12-13,18H,8-11,14-15H2,1-2H3. The van der Waals surface area contributed by atoms with Crippen LogP contribution in [0.25, 0.3) is 11.4 Å². The Kier molecular flexibility index (Phi) is 6.56. The minimum atomic E-state index is 0.338. The van der Waals surface area contributed by atoms with Crippen molar-refractivity contribution < 1.29 is 14.0 Å². The SMILES string of the molecule is COc1cccc(-c2noc(CN(C)CC(c3cccs3)N3CCOCC3)n2)c1. The van der Waals surface area contributed by atoms with Gasteiger partial charge in [0, 0.05) is 30.1 Å². The Bertz CT molecular complexity index is 893. The van der Waals surface area contributed by atoms with Crippen molar-refractivity contribution in [3.05, 3.63) is 52.5 Å². The number of ether oxygens (including phenoxy) is 2. The molecule has 7 nitrogen and oxygen atoms in total. The maximum Gasteiger partial charge on any atom is 0.241 e. The van der Waals surface area contributed by atoms with E-state index in [1.54, 1.807) is 18.4 Å². The topological polar surface area (TPSA) is 63.9 Å². The van der Waals surface area contributed by atoms with Crippen molar-refractivity contribution in [2.24, 2.45) is 0 Å². The second-order valence-corrected chi connectivity index (χ2v) is 8.10. The summed E-state index contributed by atoms with van der Waals surface area (Å²) in [5, 5.41) is 6.28. The average Bonchev–Trinajstić information content (AvgIpc) is 3.45. The van der Waals surface area contributed by atoms with Crippen molar-refractivity contribution in [1.82, 2.24) is 19.9 Å². The van der Waals surface area contributed by atoms with E-state index in [-0.39, 0.29) is 0 Å². The lowest BCUT2D eigenvalue weighted by Crippen LogP contribution is -2.42. The van der Waals surface area contributed by atoms with E-state index >= 15 is 0 Å². The molecule has 1 aliphatic heterocycles. The minimum absolute atomic E-state index is 0.338. The van der Waals surface area contributed by atoms with Crippen LogP contribution < -0.4 is 4.74 Å². The molecule has 4 rings (SSSR count). The Balaban J connectivity index is 1.43. The molecule has 1 aliphatic rings. The predicted molar refractivity (Wildman–Crippen MR) is 112 cm³/mol. The van der Waals surface area contributed by atoms with Gasteiger partial charge in [-0.1, -0.05) is 23.4 Å². The summed E-state index contributed by atoms with van der Waals surface area (Å²) < 4.78 is 16.3. The predicted octanol–water partition coefficient (Wildman–Crippen LogP) is 3.31. The number of likely N-dealkylation sites (N-methyl/N-ethyl adjacent to an activating group) is 1. The minimum Gasteiger partial charge on any atom is -0.497 e. The highest BCUT2D eigenvalue weighted by atomic mass is 32.1. The highest BCUT2D eigenvalue weighted by molar-refractivity contribution is 7.10. The summed E-state index contributed by atoms with van der Waals surface area (Å²) in [5.41, 5.74) is 0.881. The van der Waals surface area contributed by atoms with E-state index in [1.807, 2.05) is 24.3 Å². The number of thiophene rings is 1. The summed E-state index contributed by atoms with van der Waals surface area (Å²) in [6, 6.07) is 12.3. The molecule has 1 saturated heterocycles. The Hall–Kier alpha value is -2.26. The second kappa shape index (κ2) is 9.49. The second-order valence-electron chi connectivity index (χ2n) is 7.12. The fourth-order valence-corrected chi connectivity index (χ4v) is 4.40. The number of nitrogens with zero attached hydrogens (tertiary/aromatic N) is 4. The molecule has 0 bridgehead atoms. The van der Waals surface area contributed by atoms with E-state index in [9.17, 15) is 0 Å². The van der Waals surface area contributed by atoms with Crippen molar-refractivity contribution in [3.8, 4) is 17.1 Å². The molecule has 3 aromatic rings. The van der Waals surface area contributed by atoms with Crippen LogP contribution in [0, 0.1) is 0 Å². The summed E-state index contributed by atoms with van der Waals surface area (Å²) in [5.74, 6) is 1.96. The number of hydrogen-bond acceptors (Lipinski definition) is 8. The van der Waals surface area contributed by atoms with Crippen LogP contribution in [0.1, 0.15) is 16.8 Å². The van der Waals surface area contributed by atoms with Gasteiger partial charge in [0.25, 0.3) is 0 Å². The first-order valence-electron chi connectivity index (χ1n) is 9.73. The Morgan fingerprint density at radius 2 is 2.10 bits per heavy atom. The van der Waals surface area contributed by atoms with Crippen LogP contribution in [-0.2, 0) is 11.3 Å². The lowest BCUT2D eigenvalue weighted by Gasteiger charge is -2.35. The fraction of sp³-hybridized carbons (Fsp3) is 0.429. The van der Waals surface area contributed by atoms with Crippen LogP contribution in [0.4, 0.5) is 0 Å². The number of methoxy groups -OCH3 is 1. The van der Waals surface area contributed by atoms with E-state index in [0.717, 1.165) is 44.2 Å². The molecular weight excluding hydrogens is 388 g/mol. The van der Waals surface area contributed by atoms with Crippen LogP contribution in [0.5, 0.6) is 5.75 Å². The maximum absolute atomic E-state index is 5.54. The van der Waals surface area contributed by atoms with Crippen LogP contribution >= 0.6 is 11.3 Å². The van der Waals surface area contributed by atoms with Crippen LogP contribution in [0.2, 0.25) is 0 Å². The summed E-state index contributed by atoms with van der Waals surface area (Å²) >= 11 is 1.81. The van der Waals surface area contributed by atoms with Gasteiger partial charge in [-0.3, -0.25) is 9.80 Å². The van der Waals surface area contributed by atoms with Gasteiger partial charge in [0.05, 0.1) is 32.9 Å². The largest absolute Gasteiger partial charge is 0.497 e. The number of aromatic nitrogens is 2. The molecule has 0 amide bonds. The zero-order valence-electron chi connectivity index (χ0n) is 16.8. The number of hydrogen-bond donors (Lipinski definition) is 0. The van der Waals surface area contributed by atoms with Gasteiger partial charge < -0.3 is 14.0 Å². The Labute approximate surface area is 174 Å². The van der Waals surface area contributed by atoms with E-state index in [4.69, 9.17) is 14.0 Å². The van der Waals surface area contributed by atoms with E-state index in [1.165, 1.54) is 4.88 Å². The third-order valence-corrected chi connectivity index (χ3v) is 6.02. The molecule has 1 fully saturated rings. The molecule has 29 heavy (non-hydrogen) atoms. The third-order valence-electron chi connectivity index (χ3n) is 5.04. The molecule has 0 N–H and O–H groups in total. The molecule has 3 heterocycles. The van der Waals surface area contributed by atoms with E-state index < -0.39 is 0 Å². The lowest BCUT2D eigenvalue weighted by molar-refractivity contribution is 0.00908. The van der Waals surface area contributed by atoms with Gasteiger partial charge in [-0.2, -0.15) is 4.98 Å². The fourth-order valence-electron chi connectivity index (χ4n) is 3.54. The molecule has 0 saturated carbocycles. The van der Waals surface area contributed by atoms with Crippen molar-refractivity contribution in [2.75, 3.05) is 47.0 Å². The molecule has 1 unspecified atom stereocenters. The van der Waals surface area contributed by atoms with Crippen LogP contribution in [-0.4, -0.2) is 66.9 Å². The molecule has 8 heteroatoms. The molecule has 2 aromatic heterocycles. The molecule has 1 aromatic carbocycles. The number of morpholine rings is 1. The van der Waals surface area contributed by atoms with Gasteiger partial charge in [0.1, 0.15) is 5.75 Å². The van der Waals surface area contributed by atoms with Gasteiger partial charge in [0.15, 0.2) is 0 Å². The van der Waals surface area contributed by atoms with Crippen molar-refractivity contribution in [1.29, 1.82) is 0 Å². The molecular formula is C21H26N4O3S. The summed E-state index contributed by atoms with van der Waals surface area (Å²) in [7, 11) is 3.74. The van der Waals surface area contributed by atoms with Gasteiger partial charge in [-0.15, -0.1) is 11.3 Å². The molecule has 0 spiro atoms. The van der Waals surface area contributed by atoms with Gasteiger partial charge >= 0.3 is 0 Å². The Morgan fingerprint density at radius 1 is 1.24 bits per heavy atom. The Morgan fingerprint density at radius 3 is 2.86 bits per heavy atom. The van der Waals surface area contributed by atoms with Crippen molar-refractivity contribution in [2.45, 2.75) is 12.6 Å². The molecule has 154 valence electrons. The van der Waals surface area contributed by atoms with Crippen LogP contribution in [0.3, 0.4) is 0 Å². The highest BCUT2D eigenvalue weighted by Gasteiger charge is 2.25. The smallest absolute Gasteiger partial charge is 0.241 e. The van der Waals surface area contributed by atoms with E-state index in [0.29, 0.717) is 24.3 Å². The third kappa shape index (κ3) is 5.02. The number of benzene rings is 1. The first kappa shape index (κ1) is 20.0. The molecule has 0 radical (unpaired) electrons. The number of rotatable bonds is 8. The zero-order chi connectivity index (χ0) is 20.1. The lowest BCUT2D eigenvalue weighted by atomic mass is 10.1. The van der Waals surface area contributed by atoms with E-state index in [2.05, 4.69) is 44.5 Å². The maximum atomic E-state index is 5.54. The van der Waals surface area contributed by atoms with Crippen molar-refractivity contribution in [3.63, 3.8) is 0 Å². The summed E-state index contributed by atoms with van der Waals surface area (Å²) in [6.45, 7) is 4.98. The summed E-state index contributed by atoms with van der Waals surface area (Å²) in [6.07, 6.45) is 0.